The molecule has 1 N–H and O–H groups in total. The zero-order valence-corrected chi connectivity index (χ0v) is 13.0. The molecule has 1 aliphatic carbocycles. The standard InChI is InChI=1S/C18H16N2O3/c1-10-3-5-11(6-4-10)16-19-12-9-13(17(21)22)23-14(12)15(20-16)18(2)7-8-18/h3-6,9H,7-8H2,1-2H3,(H,21,22). The van der Waals surface area contributed by atoms with Gasteiger partial charge in [-0.1, -0.05) is 36.8 Å². The van der Waals surface area contributed by atoms with Crippen LogP contribution in [0.1, 0.15) is 41.6 Å². The Morgan fingerprint density at radius 1 is 1.22 bits per heavy atom. The van der Waals surface area contributed by atoms with Crippen LogP contribution in [-0.2, 0) is 5.41 Å². The van der Waals surface area contributed by atoms with E-state index in [-0.39, 0.29) is 11.2 Å². The molecule has 0 spiro atoms. The number of rotatable bonds is 3. The highest BCUT2D eigenvalue weighted by Gasteiger charge is 2.43. The second-order valence-corrected chi connectivity index (χ2v) is 6.45. The summed E-state index contributed by atoms with van der Waals surface area (Å²) < 4.78 is 5.51. The van der Waals surface area contributed by atoms with Crippen molar-refractivity contribution in [2.45, 2.75) is 32.1 Å². The Kier molecular flexibility index (Phi) is 2.82. The SMILES string of the molecule is Cc1ccc(-c2nc(C3(C)CC3)c3oc(C(=O)O)cc3n2)cc1. The van der Waals surface area contributed by atoms with Crippen molar-refractivity contribution in [3.05, 3.63) is 47.3 Å². The first-order chi connectivity index (χ1) is 11.0. The maximum absolute atomic E-state index is 11.2. The molecule has 0 bridgehead atoms. The predicted molar refractivity (Wildman–Crippen MR) is 85.5 cm³/mol. The van der Waals surface area contributed by atoms with E-state index in [9.17, 15) is 9.90 Å². The van der Waals surface area contributed by atoms with E-state index >= 15 is 0 Å². The molecule has 2 aromatic heterocycles. The number of aromatic carboxylic acids is 1. The highest BCUT2D eigenvalue weighted by molar-refractivity contribution is 5.91. The second-order valence-electron chi connectivity index (χ2n) is 6.45. The summed E-state index contributed by atoms with van der Waals surface area (Å²) in [5, 5.41) is 9.17. The summed E-state index contributed by atoms with van der Waals surface area (Å²) in [5.74, 6) is -0.578. The Balaban J connectivity index is 1.96. The third kappa shape index (κ3) is 2.29. The van der Waals surface area contributed by atoms with Crippen molar-refractivity contribution in [2.75, 3.05) is 0 Å². The molecule has 1 aliphatic rings. The van der Waals surface area contributed by atoms with E-state index < -0.39 is 5.97 Å². The number of carbonyl (C=O) groups is 1. The topological polar surface area (TPSA) is 76.2 Å². The largest absolute Gasteiger partial charge is 0.475 e. The third-order valence-electron chi connectivity index (χ3n) is 4.46. The first-order valence-electron chi connectivity index (χ1n) is 7.59. The van der Waals surface area contributed by atoms with Gasteiger partial charge in [-0.25, -0.2) is 14.8 Å². The molecule has 3 aromatic rings. The van der Waals surface area contributed by atoms with Crippen LogP contribution in [0, 0.1) is 6.92 Å². The number of fused-ring (bicyclic) bond motifs is 1. The molecule has 0 unspecified atom stereocenters. The lowest BCUT2D eigenvalue weighted by Gasteiger charge is -2.10. The molecule has 23 heavy (non-hydrogen) atoms. The lowest BCUT2D eigenvalue weighted by atomic mass is 10.0. The van der Waals surface area contributed by atoms with Crippen molar-refractivity contribution in [1.29, 1.82) is 0 Å². The van der Waals surface area contributed by atoms with Gasteiger partial charge in [0.15, 0.2) is 11.4 Å². The molecule has 5 heteroatoms. The first kappa shape index (κ1) is 13.9. The highest BCUT2D eigenvalue weighted by atomic mass is 16.4. The molecule has 0 atom stereocenters. The van der Waals surface area contributed by atoms with E-state index in [4.69, 9.17) is 9.40 Å². The summed E-state index contributed by atoms with van der Waals surface area (Å²) in [7, 11) is 0. The van der Waals surface area contributed by atoms with Crippen LogP contribution in [0.3, 0.4) is 0 Å². The molecule has 2 heterocycles. The number of carboxylic acids is 1. The van der Waals surface area contributed by atoms with Crippen LogP contribution in [0.25, 0.3) is 22.5 Å². The van der Waals surface area contributed by atoms with E-state index in [0.717, 1.165) is 24.1 Å². The quantitative estimate of drug-likeness (QED) is 0.793. The normalized spacial score (nSPS) is 15.7. The van der Waals surface area contributed by atoms with Gasteiger partial charge in [0, 0.05) is 17.0 Å². The maximum atomic E-state index is 11.2. The van der Waals surface area contributed by atoms with Gasteiger partial charge >= 0.3 is 5.97 Å². The van der Waals surface area contributed by atoms with Gasteiger partial charge in [-0.2, -0.15) is 0 Å². The van der Waals surface area contributed by atoms with Crippen molar-refractivity contribution in [1.82, 2.24) is 9.97 Å². The fraction of sp³-hybridized carbons (Fsp3) is 0.278. The Hall–Kier alpha value is -2.69. The maximum Gasteiger partial charge on any atom is 0.371 e. The van der Waals surface area contributed by atoms with Crippen LogP contribution >= 0.6 is 0 Å². The average molecular weight is 308 g/mol. The molecule has 1 saturated carbocycles. The van der Waals surface area contributed by atoms with Gasteiger partial charge in [0.1, 0.15) is 5.52 Å². The molecule has 0 saturated heterocycles. The Bertz CT molecular complexity index is 921. The summed E-state index contributed by atoms with van der Waals surface area (Å²) in [6.45, 7) is 4.15. The van der Waals surface area contributed by atoms with E-state index in [1.54, 1.807) is 0 Å². The Morgan fingerprint density at radius 2 is 1.91 bits per heavy atom. The number of hydrogen-bond acceptors (Lipinski definition) is 4. The number of nitrogens with zero attached hydrogens (tertiary/aromatic N) is 2. The van der Waals surface area contributed by atoms with Crippen molar-refractivity contribution < 1.29 is 14.3 Å². The fourth-order valence-corrected chi connectivity index (χ4v) is 2.70. The van der Waals surface area contributed by atoms with Crippen molar-refractivity contribution in [3.63, 3.8) is 0 Å². The van der Waals surface area contributed by atoms with Crippen LogP contribution in [0.5, 0.6) is 0 Å². The van der Waals surface area contributed by atoms with Crippen LogP contribution in [0.4, 0.5) is 0 Å². The molecule has 0 radical (unpaired) electrons. The summed E-state index contributed by atoms with van der Waals surface area (Å²) in [6.07, 6.45) is 2.05. The lowest BCUT2D eigenvalue weighted by molar-refractivity contribution is 0.0665. The van der Waals surface area contributed by atoms with Crippen molar-refractivity contribution >= 4 is 17.1 Å². The summed E-state index contributed by atoms with van der Waals surface area (Å²) in [5.41, 5.74) is 3.90. The van der Waals surface area contributed by atoms with Crippen molar-refractivity contribution in [2.24, 2.45) is 0 Å². The predicted octanol–water partition coefficient (Wildman–Crippen LogP) is 3.95. The van der Waals surface area contributed by atoms with Crippen LogP contribution in [-0.4, -0.2) is 21.0 Å². The van der Waals surface area contributed by atoms with E-state index in [1.807, 2.05) is 31.2 Å². The average Bonchev–Trinajstić information content (AvgIpc) is 3.12. The zero-order chi connectivity index (χ0) is 16.2. The number of aryl methyl sites for hydroxylation is 1. The van der Waals surface area contributed by atoms with Gasteiger partial charge in [-0.15, -0.1) is 0 Å². The fourth-order valence-electron chi connectivity index (χ4n) is 2.70. The van der Waals surface area contributed by atoms with Crippen LogP contribution in [0.15, 0.2) is 34.7 Å². The summed E-state index contributed by atoms with van der Waals surface area (Å²) >= 11 is 0. The molecular weight excluding hydrogens is 292 g/mol. The third-order valence-corrected chi connectivity index (χ3v) is 4.46. The van der Waals surface area contributed by atoms with Crippen LogP contribution in [0.2, 0.25) is 0 Å². The van der Waals surface area contributed by atoms with Gasteiger partial charge in [0.05, 0.1) is 5.69 Å². The summed E-state index contributed by atoms with van der Waals surface area (Å²) in [6, 6.07) is 9.46. The minimum absolute atomic E-state index is 0.0474. The van der Waals surface area contributed by atoms with Crippen LogP contribution < -0.4 is 0 Å². The number of benzene rings is 1. The molecule has 1 fully saturated rings. The molecule has 4 rings (SSSR count). The smallest absolute Gasteiger partial charge is 0.371 e. The van der Waals surface area contributed by atoms with Gasteiger partial charge in [0.2, 0.25) is 5.76 Å². The highest BCUT2D eigenvalue weighted by Crippen LogP contribution is 2.49. The van der Waals surface area contributed by atoms with Gasteiger partial charge in [0.25, 0.3) is 0 Å². The Labute approximate surface area is 133 Å². The number of furan rings is 1. The van der Waals surface area contributed by atoms with E-state index in [1.165, 1.54) is 11.6 Å². The molecule has 0 aliphatic heterocycles. The number of carboxylic acid groups (broad SMARTS) is 1. The minimum atomic E-state index is -1.09. The molecule has 5 nitrogen and oxygen atoms in total. The van der Waals surface area contributed by atoms with E-state index in [0.29, 0.717) is 16.9 Å². The monoisotopic (exact) mass is 308 g/mol. The number of aromatic nitrogens is 2. The van der Waals surface area contributed by atoms with E-state index in [2.05, 4.69) is 11.9 Å². The Morgan fingerprint density at radius 3 is 2.52 bits per heavy atom. The van der Waals surface area contributed by atoms with Gasteiger partial charge in [-0.3, -0.25) is 0 Å². The van der Waals surface area contributed by atoms with Crippen molar-refractivity contribution in [3.8, 4) is 11.4 Å². The minimum Gasteiger partial charge on any atom is -0.475 e. The first-order valence-corrected chi connectivity index (χ1v) is 7.59. The summed E-state index contributed by atoms with van der Waals surface area (Å²) in [4.78, 5) is 20.4. The lowest BCUT2D eigenvalue weighted by Crippen LogP contribution is -2.06. The zero-order valence-electron chi connectivity index (χ0n) is 13.0. The van der Waals surface area contributed by atoms with Gasteiger partial charge < -0.3 is 9.52 Å². The molecule has 0 amide bonds. The molecular formula is C18H16N2O3. The molecule has 116 valence electrons. The number of hydrogen-bond donors (Lipinski definition) is 1. The van der Waals surface area contributed by atoms with Gasteiger partial charge in [-0.05, 0) is 19.8 Å². The molecule has 1 aromatic carbocycles. The second kappa shape index (κ2) is 4.65.